The van der Waals surface area contributed by atoms with E-state index < -0.39 is 5.91 Å². The van der Waals surface area contributed by atoms with Crippen LogP contribution in [0.25, 0.3) is 0 Å². The standard InChI is InChI=1S/C10H13N3O2S/c1-6(4-9(11)16)13-10(15)7-5-12-3-2-8(7)14/h2-3,5-6H,4H2,1H3,(H2,11,16)(H,12,14)(H,13,15). The van der Waals surface area contributed by atoms with Crippen LogP contribution in [0.2, 0.25) is 0 Å². The van der Waals surface area contributed by atoms with Crippen LogP contribution in [0.4, 0.5) is 0 Å². The van der Waals surface area contributed by atoms with Crippen molar-refractivity contribution in [2.75, 3.05) is 0 Å². The van der Waals surface area contributed by atoms with Gasteiger partial charge in [0.2, 0.25) is 0 Å². The van der Waals surface area contributed by atoms with Crippen molar-refractivity contribution in [2.24, 2.45) is 5.73 Å². The molecule has 0 spiro atoms. The minimum absolute atomic E-state index is 0.0808. The van der Waals surface area contributed by atoms with Crippen LogP contribution >= 0.6 is 12.2 Å². The first-order valence-electron chi connectivity index (χ1n) is 4.77. The zero-order valence-corrected chi connectivity index (χ0v) is 9.64. The van der Waals surface area contributed by atoms with Crippen LogP contribution in [0, 0.1) is 0 Å². The molecule has 0 fully saturated rings. The quantitative estimate of drug-likeness (QED) is 0.653. The van der Waals surface area contributed by atoms with Crippen molar-refractivity contribution in [3.8, 4) is 0 Å². The molecule has 0 aliphatic heterocycles. The summed E-state index contributed by atoms with van der Waals surface area (Å²) in [6, 6.07) is 1.11. The molecule has 4 N–H and O–H groups in total. The molecule has 0 aromatic carbocycles. The highest BCUT2D eigenvalue weighted by Gasteiger charge is 2.12. The number of hydrogen-bond donors (Lipinski definition) is 3. The normalized spacial score (nSPS) is 11.8. The van der Waals surface area contributed by atoms with Gasteiger partial charge in [-0.05, 0) is 6.92 Å². The van der Waals surface area contributed by atoms with Crippen molar-refractivity contribution in [3.05, 3.63) is 34.2 Å². The predicted octanol–water partition coefficient (Wildman–Crippen LogP) is 0.169. The number of nitrogens with two attached hydrogens (primary N) is 1. The van der Waals surface area contributed by atoms with Gasteiger partial charge in [0.15, 0.2) is 5.43 Å². The molecular weight excluding hydrogens is 226 g/mol. The van der Waals surface area contributed by atoms with Crippen molar-refractivity contribution in [1.82, 2.24) is 10.3 Å². The molecule has 1 aromatic heterocycles. The fourth-order valence-corrected chi connectivity index (χ4v) is 1.50. The van der Waals surface area contributed by atoms with Crippen LogP contribution < -0.4 is 16.5 Å². The minimum Gasteiger partial charge on any atom is -0.393 e. The lowest BCUT2D eigenvalue weighted by atomic mass is 10.2. The molecule has 0 bridgehead atoms. The molecule has 86 valence electrons. The first-order chi connectivity index (χ1) is 7.50. The van der Waals surface area contributed by atoms with Gasteiger partial charge >= 0.3 is 0 Å². The number of rotatable bonds is 4. The lowest BCUT2D eigenvalue weighted by Crippen LogP contribution is -2.37. The molecule has 1 atom stereocenters. The first kappa shape index (κ1) is 12.4. The Morgan fingerprint density at radius 2 is 2.38 bits per heavy atom. The lowest BCUT2D eigenvalue weighted by Gasteiger charge is -2.12. The molecule has 1 heterocycles. The molecule has 6 heteroatoms. The second kappa shape index (κ2) is 5.41. The van der Waals surface area contributed by atoms with Gasteiger partial charge in [0.25, 0.3) is 5.91 Å². The Balaban J connectivity index is 2.70. The number of amides is 1. The Morgan fingerprint density at radius 3 is 2.94 bits per heavy atom. The number of hydrogen-bond acceptors (Lipinski definition) is 3. The van der Waals surface area contributed by atoms with Gasteiger partial charge in [-0.3, -0.25) is 9.59 Å². The summed E-state index contributed by atoms with van der Waals surface area (Å²) >= 11 is 4.73. The average Bonchev–Trinajstić information content (AvgIpc) is 2.16. The summed E-state index contributed by atoms with van der Waals surface area (Å²) < 4.78 is 0. The summed E-state index contributed by atoms with van der Waals surface area (Å²) in [6.07, 6.45) is 3.24. The Labute approximate surface area is 98.0 Å². The number of carbonyl (C=O) groups excluding carboxylic acids is 1. The van der Waals surface area contributed by atoms with E-state index in [1.807, 2.05) is 0 Å². The van der Waals surface area contributed by atoms with Crippen molar-refractivity contribution < 1.29 is 4.79 Å². The first-order valence-corrected chi connectivity index (χ1v) is 5.18. The number of aromatic nitrogens is 1. The van der Waals surface area contributed by atoms with Gasteiger partial charge in [-0.1, -0.05) is 12.2 Å². The molecule has 0 radical (unpaired) electrons. The maximum atomic E-state index is 11.6. The fraction of sp³-hybridized carbons (Fsp3) is 0.300. The molecule has 0 saturated carbocycles. The van der Waals surface area contributed by atoms with E-state index in [0.29, 0.717) is 11.4 Å². The second-order valence-corrected chi connectivity index (χ2v) is 3.99. The molecule has 1 unspecified atom stereocenters. The average molecular weight is 239 g/mol. The lowest BCUT2D eigenvalue weighted by molar-refractivity contribution is 0.0940. The number of aromatic amines is 1. The van der Waals surface area contributed by atoms with Crippen LogP contribution in [0.15, 0.2) is 23.3 Å². The molecule has 1 amide bonds. The maximum absolute atomic E-state index is 11.6. The van der Waals surface area contributed by atoms with Crippen LogP contribution in [-0.2, 0) is 0 Å². The molecule has 5 nitrogen and oxygen atoms in total. The molecule has 0 aliphatic carbocycles. The summed E-state index contributed by atoms with van der Waals surface area (Å²) in [7, 11) is 0. The van der Waals surface area contributed by atoms with Crippen molar-refractivity contribution in [2.45, 2.75) is 19.4 Å². The largest absolute Gasteiger partial charge is 0.393 e. The molecule has 0 saturated heterocycles. The number of pyridine rings is 1. The van der Waals surface area contributed by atoms with E-state index in [2.05, 4.69) is 10.3 Å². The highest BCUT2D eigenvalue weighted by atomic mass is 32.1. The van der Waals surface area contributed by atoms with E-state index >= 15 is 0 Å². The predicted molar refractivity (Wildman–Crippen MR) is 65.4 cm³/mol. The third-order valence-corrected chi connectivity index (χ3v) is 2.12. The van der Waals surface area contributed by atoms with Crippen LogP contribution in [0.5, 0.6) is 0 Å². The Kier molecular flexibility index (Phi) is 4.19. The van der Waals surface area contributed by atoms with Crippen LogP contribution in [-0.4, -0.2) is 21.9 Å². The van der Waals surface area contributed by atoms with Gasteiger partial charge < -0.3 is 16.0 Å². The summed E-state index contributed by atoms with van der Waals surface area (Å²) in [5.74, 6) is -0.425. The Morgan fingerprint density at radius 1 is 1.69 bits per heavy atom. The zero-order chi connectivity index (χ0) is 12.1. The number of carbonyl (C=O) groups is 1. The third-order valence-electron chi connectivity index (χ3n) is 1.95. The second-order valence-electron chi connectivity index (χ2n) is 3.47. The van der Waals surface area contributed by atoms with Gasteiger partial charge in [0.05, 0.1) is 4.99 Å². The SMILES string of the molecule is CC(CC(N)=S)NC(=O)c1c[nH]ccc1=O. The molecule has 1 rings (SSSR count). The summed E-state index contributed by atoms with van der Waals surface area (Å²) in [6.45, 7) is 1.77. The number of thiocarbonyl (C=S) groups is 1. The van der Waals surface area contributed by atoms with Gasteiger partial charge in [0, 0.05) is 30.9 Å². The molecular formula is C10H13N3O2S. The van der Waals surface area contributed by atoms with E-state index in [-0.39, 0.29) is 17.0 Å². The smallest absolute Gasteiger partial charge is 0.256 e. The monoisotopic (exact) mass is 239 g/mol. The maximum Gasteiger partial charge on any atom is 0.256 e. The molecule has 16 heavy (non-hydrogen) atoms. The van der Waals surface area contributed by atoms with Crippen molar-refractivity contribution in [3.63, 3.8) is 0 Å². The van der Waals surface area contributed by atoms with Crippen LogP contribution in [0.3, 0.4) is 0 Å². The van der Waals surface area contributed by atoms with Gasteiger partial charge in [-0.25, -0.2) is 0 Å². The molecule has 1 aromatic rings. The highest BCUT2D eigenvalue weighted by Crippen LogP contribution is 1.94. The van der Waals surface area contributed by atoms with E-state index in [9.17, 15) is 9.59 Å². The van der Waals surface area contributed by atoms with E-state index in [1.54, 1.807) is 6.92 Å². The number of nitrogens with one attached hydrogen (secondary N) is 2. The Bertz CT molecular complexity index is 455. The van der Waals surface area contributed by atoms with Gasteiger partial charge in [-0.15, -0.1) is 0 Å². The van der Waals surface area contributed by atoms with E-state index in [1.165, 1.54) is 18.5 Å². The molecule has 0 aliphatic rings. The van der Waals surface area contributed by atoms with Gasteiger partial charge in [0.1, 0.15) is 5.56 Å². The Hall–Kier alpha value is -1.69. The van der Waals surface area contributed by atoms with Crippen molar-refractivity contribution in [1.29, 1.82) is 0 Å². The number of H-pyrrole nitrogens is 1. The summed E-state index contributed by atoms with van der Waals surface area (Å²) in [5.41, 5.74) is 5.11. The van der Waals surface area contributed by atoms with E-state index in [0.717, 1.165) is 0 Å². The topological polar surface area (TPSA) is 88.0 Å². The van der Waals surface area contributed by atoms with Crippen LogP contribution in [0.1, 0.15) is 23.7 Å². The fourth-order valence-electron chi connectivity index (χ4n) is 1.25. The summed E-state index contributed by atoms with van der Waals surface area (Å²) in [4.78, 5) is 26.0. The third kappa shape index (κ3) is 3.47. The van der Waals surface area contributed by atoms with Crippen molar-refractivity contribution >= 4 is 23.1 Å². The zero-order valence-electron chi connectivity index (χ0n) is 8.82. The van der Waals surface area contributed by atoms with Gasteiger partial charge in [-0.2, -0.15) is 0 Å². The summed E-state index contributed by atoms with van der Waals surface area (Å²) in [5, 5.41) is 2.64. The van der Waals surface area contributed by atoms with E-state index in [4.69, 9.17) is 18.0 Å². The highest BCUT2D eigenvalue weighted by molar-refractivity contribution is 7.80. The minimum atomic E-state index is -0.425.